The lowest BCUT2D eigenvalue weighted by Gasteiger charge is -2.27. The van der Waals surface area contributed by atoms with E-state index in [9.17, 15) is 19.0 Å². The van der Waals surface area contributed by atoms with Crippen molar-refractivity contribution in [2.75, 3.05) is 40.9 Å². The summed E-state index contributed by atoms with van der Waals surface area (Å²) in [4.78, 5) is 38.0. The van der Waals surface area contributed by atoms with Crippen molar-refractivity contribution < 1.29 is 37.3 Å². The van der Waals surface area contributed by atoms with Gasteiger partial charge in [0.2, 0.25) is 5.91 Å². The normalized spacial score (nSPS) is 14.0. The van der Waals surface area contributed by atoms with Crippen LogP contribution in [0.25, 0.3) is 0 Å². The maximum atomic E-state index is 13.6. The molecule has 0 aliphatic carbocycles. The Labute approximate surface area is 539 Å². The van der Waals surface area contributed by atoms with Crippen molar-refractivity contribution in [2.24, 2.45) is 0 Å². The van der Waals surface area contributed by atoms with Crippen molar-refractivity contribution in [2.45, 2.75) is 354 Å². The molecule has 0 spiro atoms. The summed E-state index contributed by atoms with van der Waals surface area (Å²) in [5.74, 6) is -0.508. The molecule has 0 rings (SSSR count). The molecule has 9 nitrogen and oxygen atoms in total. The van der Waals surface area contributed by atoms with Gasteiger partial charge in [0.15, 0.2) is 0 Å². The number of carbonyl (C=O) groups is 2. The smallest absolute Gasteiger partial charge is 0.456 e. The number of hydrogen-bond donors (Lipinski definition) is 2. The van der Waals surface area contributed by atoms with Crippen LogP contribution in [-0.4, -0.2) is 74.3 Å². The van der Waals surface area contributed by atoms with Crippen molar-refractivity contribution in [3.05, 3.63) is 85.1 Å². The highest BCUT2D eigenvalue weighted by atomic mass is 31.2. The molecule has 0 fully saturated rings. The quantitative estimate of drug-likeness (QED) is 0.0205. The van der Waals surface area contributed by atoms with Crippen LogP contribution in [0.4, 0.5) is 0 Å². The highest BCUT2D eigenvalue weighted by molar-refractivity contribution is 7.47. The average molecular weight is 1240 g/mol. The van der Waals surface area contributed by atoms with Crippen molar-refractivity contribution in [3.8, 4) is 0 Å². The van der Waals surface area contributed by atoms with Gasteiger partial charge in [0.1, 0.15) is 19.3 Å². The Hall–Kier alpha value is -2.81. The first-order valence-corrected chi connectivity index (χ1v) is 38.4. The molecule has 87 heavy (non-hydrogen) atoms. The number of carbonyl (C=O) groups excluding carboxylic acids is 2. The van der Waals surface area contributed by atoms with Gasteiger partial charge in [-0.05, 0) is 109 Å². The average Bonchev–Trinajstić information content (AvgIpc) is 3.70. The van der Waals surface area contributed by atoms with E-state index < -0.39 is 20.0 Å². The molecule has 0 aliphatic rings. The Morgan fingerprint density at radius 3 is 1.07 bits per heavy atom. The summed E-state index contributed by atoms with van der Waals surface area (Å²) in [5.41, 5.74) is 0. The maximum absolute atomic E-state index is 13.6. The van der Waals surface area contributed by atoms with Crippen LogP contribution in [0, 0.1) is 0 Å². The number of phosphoric ester groups is 1. The van der Waals surface area contributed by atoms with Crippen LogP contribution in [0.2, 0.25) is 0 Å². The van der Waals surface area contributed by atoms with E-state index in [1.807, 2.05) is 33.3 Å². The fraction of sp³-hybridized carbons (Fsp3) is 0.792. The lowest BCUT2D eigenvalue weighted by Crippen LogP contribution is -2.47. The van der Waals surface area contributed by atoms with Crippen LogP contribution in [0.3, 0.4) is 0 Å². The second-order valence-corrected chi connectivity index (χ2v) is 27.6. The van der Waals surface area contributed by atoms with Crippen molar-refractivity contribution in [1.82, 2.24) is 5.32 Å². The zero-order valence-electron chi connectivity index (χ0n) is 58.0. The van der Waals surface area contributed by atoms with Crippen LogP contribution in [0.5, 0.6) is 0 Å². The van der Waals surface area contributed by atoms with Gasteiger partial charge in [-0.3, -0.25) is 18.6 Å². The Morgan fingerprint density at radius 2 is 0.701 bits per heavy atom. The van der Waals surface area contributed by atoms with Gasteiger partial charge in [-0.2, -0.15) is 0 Å². The number of rotatable bonds is 67. The molecule has 2 N–H and O–H groups in total. The first kappa shape index (κ1) is 84.2. The molecule has 0 aromatic rings. The molecule has 10 heteroatoms. The lowest BCUT2D eigenvalue weighted by atomic mass is 10.0. The minimum absolute atomic E-state index is 0.0364. The van der Waals surface area contributed by atoms with E-state index in [2.05, 4.69) is 99.0 Å². The monoisotopic (exact) mass is 1240 g/mol. The molecule has 0 bridgehead atoms. The molecule has 0 saturated carbocycles. The third kappa shape index (κ3) is 67.4. The highest BCUT2D eigenvalue weighted by Crippen LogP contribution is 2.43. The molecule has 0 radical (unpaired) electrons. The number of ether oxygens (including phenoxy) is 1. The summed E-state index contributed by atoms with van der Waals surface area (Å²) in [6.45, 7) is 6.99. The summed E-state index contributed by atoms with van der Waals surface area (Å²) in [6, 6.07) is -0.858. The van der Waals surface area contributed by atoms with Gasteiger partial charge >= 0.3 is 13.8 Å². The minimum atomic E-state index is -4.46. The van der Waals surface area contributed by atoms with Gasteiger partial charge in [-0.25, -0.2) is 4.57 Å². The zero-order chi connectivity index (χ0) is 63.5. The number of quaternary nitrogens is 1. The molecule has 0 aliphatic heterocycles. The molecule has 0 saturated heterocycles. The molecular formula is C77H142N2O7P+. The van der Waals surface area contributed by atoms with Crippen LogP contribution in [0.1, 0.15) is 342 Å². The summed E-state index contributed by atoms with van der Waals surface area (Å²) >= 11 is 0. The third-order valence-corrected chi connectivity index (χ3v) is 17.3. The van der Waals surface area contributed by atoms with Crippen molar-refractivity contribution in [3.63, 3.8) is 0 Å². The number of amides is 1. The van der Waals surface area contributed by atoms with E-state index in [0.717, 1.165) is 96.3 Å². The molecule has 3 atom stereocenters. The number of nitrogens with one attached hydrogen (secondary N) is 1. The van der Waals surface area contributed by atoms with Gasteiger partial charge < -0.3 is 19.4 Å². The number of likely N-dealkylation sites (N-methyl/N-ethyl adjacent to an activating group) is 1. The highest BCUT2D eigenvalue weighted by Gasteiger charge is 2.30. The topological polar surface area (TPSA) is 111 Å². The van der Waals surface area contributed by atoms with Crippen LogP contribution in [0.15, 0.2) is 85.1 Å². The number of allylic oxidation sites excluding steroid dienone is 13. The molecule has 0 aromatic carbocycles. The maximum Gasteiger partial charge on any atom is 0.472 e. The number of nitrogens with zero attached hydrogens (tertiary/aromatic N) is 1. The third-order valence-electron chi connectivity index (χ3n) is 16.3. The van der Waals surface area contributed by atoms with Crippen molar-refractivity contribution in [1.29, 1.82) is 0 Å². The van der Waals surface area contributed by atoms with Gasteiger partial charge in [-0.15, -0.1) is 0 Å². The summed E-state index contributed by atoms with van der Waals surface area (Å²) in [7, 11) is 1.49. The second-order valence-electron chi connectivity index (χ2n) is 26.1. The molecule has 506 valence electrons. The zero-order valence-corrected chi connectivity index (χ0v) is 58.9. The fourth-order valence-corrected chi connectivity index (χ4v) is 11.3. The Morgan fingerprint density at radius 1 is 0.402 bits per heavy atom. The first-order chi connectivity index (χ1) is 42.4. The molecule has 1 amide bonds. The lowest BCUT2D eigenvalue weighted by molar-refractivity contribution is -0.870. The number of esters is 1. The molecule has 0 aromatic heterocycles. The van der Waals surface area contributed by atoms with Gasteiger partial charge in [-0.1, -0.05) is 305 Å². The number of unbranched alkanes of at least 4 members (excludes halogenated alkanes) is 39. The van der Waals surface area contributed by atoms with Crippen molar-refractivity contribution >= 4 is 19.7 Å². The Bertz CT molecular complexity index is 1760. The van der Waals surface area contributed by atoms with Gasteiger partial charge in [0, 0.05) is 12.8 Å². The van der Waals surface area contributed by atoms with E-state index in [4.69, 9.17) is 13.8 Å². The van der Waals surface area contributed by atoms with E-state index in [1.54, 1.807) is 0 Å². The van der Waals surface area contributed by atoms with E-state index in [0.29, 0.717) is 17.4 Å². The first-order valence-electron chi connectivity index (χ1n) is 36.9. The number of hydrogen-bond acceptors (Lipinski definition) is 6. The molecular weight excluding hydrogens is 1100 g/mol. The Kier molecular flexibility index (Phi) is 64.0. The molecule has 0 heterocycles. The van der Waals surface area contributed by atoms with Crippen LogP contribution < -0.4 is 5.32 Å². The predicted octanol–water partition coefficient (Wildman–Crippen LogP) is 23.7. The van der Waals surface area contributed by atoms with E-state index >= 15 is 0 Å². The predicted molar refractivity (Wildman–Crippen MR) is 378 cm³/mol. The van der Waals surface area contributed by atoms with E-state index in [1.165, 1.54) is 212 Å². The van der Waals surface area contributed by atoms with Crippen LogP contribution in [-0.2, 0) is 27.9 Å². The SMILES string of the molecule is CCCCC/C=C\C/C=C\C/C=C\C/C=C\CCCCCCCCCC(=O)OC(/C=C/CCCCCCCCCCCCC)C(COP(=O)(O)OCC[N+](C)(C)C)NC(=O)CCCCCCCCCCCCCCCCC/C=C\C/C=C\CCCCC. The van der Waals surface area contributed by atoms with Gasteiger partial charge in [0.25, 0.3) is 0 Å². The number of phosphoric acid groups is 1. The Balaban J connectivity index is 5.09. The van der Waals surface area contributed by atoms with Gasteiger partial charge in [0.05, 0.1) is 33.8 Å². The summed E-state index contributed by atoms with van der Waals surface area (Å²) < 4.78 is 30.9. The second kappa shape index (κ2) is 66.1. The van der Waals surface area contributed by atoms with E-state index in [-0.39, 0.29) is 31.5 Å². The largest absolute Gasteiger partial charge is 0.472 e. The summed E-state index contributed by atoms with van der Waals surface area (Å²) in [6.07, 6.45) is 88.8. The standard InChI is InChI=1S/C77H141N2O7P/c1-7-10-13-16-19-22-25-28-30-32-34-36-38-39-41-42-44-46-48-51-54-57-60-63-66-69-76(80)78-74(73-85-87(82,83)84-72-71-79(4,5)6)75(68-65-62-59-56-53-50-27-24-21-18-15-12-9-3)86-77(81)70-67-64-61-58-55-52-49-47-45-43-40-37-35-33-31-29-26-23-20-17-14-11-8-2/h19-20,22-23,28-31,35,37,43,45,65,68,74-75H,7-18,21,24-27,32-34,36,38-42,44,46-64,66-67,69-73H2,1-6H3,(H-,78,80,82,83)/p+1/b22-19-,23-20-,30-28-,31-29-,37-35-,45-43-,68-65+. The fourth-order valence-electron chi connectivity index (χ4n) is 10.6. The molecule has 3 unspecified atom stereocenters. The minimum Gasteiger partial charge on any atom is -0.456 e. The van der Waals surface area contributed by atoms with Crippen LogP contribution >= 0.6 is 7.82 Å². The summed E-state index contributed by atoms with van der Waals surface area (Å²) in [5, 5.41) is 3.08.